The third-order valence-corrected chi connectivity index (χ3v) is 5.67. The maximum Gasteiger partial charge on any atom is 0.305 e. The van der Waals surface area contributed by atoms with Crippen molar-refractivity contribution in [3.63, 3.8) is 0 Å². The molecule has 3 aromatic rings. The van der Waals surface area contributed by atoms with Crippen LogP contribution in [-0.4, -0.2) is 39.2 Å². The van der Waals surface area contributed by atoms with E-state index in [1.807, 2.05) is 36.4 Å². The number of carbonyl (C=O) groups is 1. The van der Waals surface area contributed by atoms with Gasteiger partial charge in [0.2, 0.25) is 0 Å². The topological polar surface area (TPSA) is 59.4 Å². The zero-order chi connectivity index (χ0) is 20.9. The fraction of sp³-hybridized carbons (Fsp3) is 0.261. The number of hydrogen-bond acceptors (Lipinski definition) is 4. The van der Waals surface area contributed by atoms with Gasteiger partial charge in [-0.2, -0.15) is 0 Å². The molecular weight excluding hydrogens is 396 g/mol. The summed E-state index contributed by atoms with van der Waals surface area (Å²) in [7, 11) is 1.41. The SMILES string of the molecule is COC(=O)CCCN1C(=S)N[C@H](c2ccccn2)[C@H]1c1ccn(-c2ccccc2)c1. The summed E-state index contributed by atoms with van der Waals surface area (Å²) in [4.78, 5) is 18.3. The van der Waals surface area contributed by atoms with Gasteiger partial charge in [-0.1, -0.05) is 24.3 Å². The van der Waals surface area contributed by atoms with E-state index in [0.717, 1.165) is 16.9 Å². The van der Waals surface area contributed by atoms with Gasteiger partial charge in [0.25, 0.3) is 0 Å². The molecule has 0 radical (unpaired) electrons. The molecule has 6 nitrogen and oxygen atoms in total. The molecule has 0 spiro atoms. The number of ether oxygens (including phenoxy) is 1. The lowest BCUT2D eigenvalue weighted by atomic mass is 9.99. The first-order chi connectivity index (χ1) is 14.7. The summed E-state index contributed by atoms with van der Waals surface area (Å²) >= 11 is 5.67. The Morgan fingerprint density at radius 1 is 1.17 bits per heavy atom. The highest BCUT2D eigenvalue weighted by molar-refractivity contribution is 7.80. The van der Waals surface area contributed by atoms with E-state index in [9.17, 15) is 4.79 Å². The predicted molar refractivity (Wildman–Crippen MR) is 119 cm³/mol. The lowest BCUT2D eigenvalue weighted by molar-refractivity contribution is -0.140. The van der Waals surface area contributed by atoms with Gasteiger partial charge in [0, 0.05) is 37.2 Å². The van der Waals surface area contributed by atoms with Crippen LogP contribution in [0.25, 0.3) is 5.69 Å². The standard InChI is InChI=1S/C23H24N4O2S/c1-29-20(28)11-7-14-27-22(21(25-23(27)30)19-10-5-6-13-24-19)17-12-15-26(16-17)18-8-3-2-4-9-18/h2-6,8-10,12-13,15-16,21-22H,7,11,14H2,1H3,(H,25,30)/t21-,22-/m1/s1. The number of carbonyl (C=O) groups excluding carboxylic acids is 1. The second-order valence-electron chi connectivity index (χ2n) is 7.19. The second kappa shape index (κ2) is 9.09. The number of pyridine rings is 1. The summed E-state index contributed by atoms with van der Waals surface area (Å²) in [5, 5.41) is 4.11. The fourth-order valence-electron chi connectivity index (χ4n) is 3.85. The van der Waals surface area contributed by atoms with E-state index >= 15 is 0 Å². The van der Waals surface area contributed by atoms with Gasteiger partial charge in [0.15, 0.2) is 5.11 Å². The molecule has 1 fully saturated rings. The monoisotopic (exact) mass is 420 g/mol. The molecule has 30 heavy (non-hydrogen) atoms. The van der Waals surface area contributed by atoms with Crippen molar-refractivity contribution in [1.29, 1.82) is 0 Å². The minimum atomic E-state index is -0.207. The number of nitrogens with zero attached hydrogens (tertiary/aromatic N) is 3. The molecule has 1 N–H and O–H groups in total. The molecule has 1 aromatic carbocycles. The minimum absolute atomic E-state index is 0.0185. The van der Waals surface area contributed by atoms with E-state index < -0.39 is 0 Å². The summed E-state index contributed by atoms with van der Waals surface area (Å²) in [5.41, 5.74) is 3.18. The lowest BCUT2D eigenvalue weighted by Gasteiger charge is -2.27. The average molecular weight is 421 g/mol. The van der Waals surface area contributed by atoms with Gasteiger partial charge in [-0.3, -0.25) is 9.78 Å². The van der Waals surface area contributed by atoms with Crippen LogP contribution in [0.1, 0.15) is 36.2 Å². The van der Waals surface area contributed by atoms with Gasteiger partial charge in [-0.15, -0.1) is 0 Å². The second-order valence-corrected chi connectivity index (χ2v) is 7.57. The highest BCUT2D eigenvalue weighted by atomic mass is 32.1. The van der Waals surface area contributed by atoms with Crippen molar-refractivity contribution in [3.05, 3.63) is 84.4 Å². The molecule has 0 unspecified atom stereocenters. The van der Waals surface area contributed by atoms with Gasteiger partial charge < -0.3 is 19.5 Å². The number of methoxy groups -OCH3 is 1. The molecular formula is C23H24N4O2S. The zero-order valence-electron chi connectivity index (χ0n) is 16.8. The summed E-state index contributed by atoms with van der Waals surface area (Å²) < 4.78 is 6.89. The molecule has 4 rings (SSSR count). The van der Waals surface area contributed by atoms with Crippen LogP contribution < -0.4 is 5.32 Å². The quantitative estimate of drug-likeness (QED) is 0.464. The number of hydrogen-bond donors (Lipinski definition) is 1. The zero-order valence-corrected chi connectivity index (χ0v) is 17.6. The highest BCUT2D eigenvalue weighted by Crippen LogP contribution is 2.39. The summed E-state index contributed by atoms with van der Waals surface area (Å²) in [5.74, 6) is -0.207. The number of rotatable bonds is 7. The van der Waals surface area contributed by atoms with Gasteiger partial charge in [-0.25, -0.2) is 0 Å². The van der Waals surface area contributed by atoms with Crippen molar-refractivity contribution in [2.75, 3.05) is 13.7 Å². The Labute approximate surface area is 181 Å². The Balaban J connectivity index is 1.64. The molecule has 1 aliphatic heterocycles. The number of aromatic nitrogens is 2. The van der Waals surface area contributed by atoms with Gasteiger partial charge in [0.05, 0.1) is 24.9 Å². The van der Waals surface area contributed by atoms with Crippen molar-refractivity contribution in [1.82, 2.24) is 19.8 Å². The summed E-state index contributed by atoms with van der Waals surface area (Å²) in [6.45, 7) is 0.658. The van der Waals surface area contributed by atoms with E-state index in [1.54, 1.807) is 6.20 Å². The Bertz CT molecular complexity index is 1010. The lowest BCUT2D eigenvalue weighted by Crippen LogP contribution is -2.30. The van der Waals surface area contributed by atoms with Crippen molar-refractivity contribution < 1.29 is 9.53 Å². The maximum absolute atomic E-state index is 11.6. The molecule has 0 amide bonds. The van der Waals surface area contributed by atoms with Crippen molar-refractivity contribution >= 4 is 23.3 Å². The Morgan fingerprint density at radius 2 is 1.97 bits per heavy atom. The molecule has 0 saturated carbocycles. The van der Waals surface area contributed by atoms with Crippen LogP contribution in [0.3, 0.4) is 0 Å². The van der Waals surface area contributed by atoms with E-state index in [2.05, 4.69) is 50.4 Å². The molecule has 0 aliphatic carbocycles. The first kappa shape index (κ1) is 20.1. The van der Waals surface area contributed by atoms with Crippen LogP contribution in [0.15, 0.2) is 73.2 Å². The summed E-state index contributed by atoms with van der Waals surface area (Å²) in [6.07, 6.45) is 7.03. The molecule has 7 heteroatoms. The van der Waals surface area contributed by atoms with E-state index in [4.69, 9.17) is 17.0 Å². The van der Waals surface area contributed by atoms with Crippen LogP contribution in [0.5, 0.6) is 0 Å². The first-order valence-electron chi connectivity index (χ1n) is 9.95. The molecule has 0 bridgehead atoms. The third kappa shape index (κ3) is 4.21. The average Bonchev–Trinajstić information content (AvgIpc) is 3.40. The van der Waals surface area contributed by atoms with Crippen LogP contribution in [0.4, 0.5) is 0 Å². The van der Waals surface area contributed by atoms with Crippen molar-refractivity contribution in [3.8, 4) is 5.69 Å². The van der Waals surface area contributed by atoms with Crippen molar-refractivity contribution in [2.24, 2.45) is 0 Å². The molecule has 2 aromatic heterocycles. The van der Waals surface area contributed by atoms with Gasteiger partial charge >= 0.3 is 5.97 Å². The Morgan fingerprint density at radius 3 is 2.70 bits per heavy atom. The summed E-state index contributed by atoms with van der Waals surface area (Å²) in [6, 6.07) is 18.2. The maximum atomic E-state index is 11.6. The molecule has 1 aliphatic rings. The molecule has 3 heterocycles. The number of esters is 1. The number of thiocarbonyl (C=S) groups is 1. The minimum Gasteiger partial charge on any atom is -0.469 e. The fourth-order valence-corrected chi connectivity index (χ4v) is 4.19. The van der Waals surface area contributed by atoms with Crippen molar-refractivity contribution in [2.45, 2.75) is 24.9 Å². The Kier molecular flexibility index (Phi) is 6.09. The van der Waals surface area contributed by atoms with E-state index in [0.29, 0.717) is 24.5 Å². The molecule has 1 saturated heterocycles. The number of nitrogens with one attached hydrogen (secondary N) is 1. The number of para-hydroxylation sites is 1. The largest absolute Gasteiger partial charge is 0.469 e. The molecule has 2 atom stereocenters. The third-order valence-electron chi connectivity index (χ3n) is 5.32. The van der Waals surface area contributed by atoms with Crippen LogP contribution in [0.2, 0.25) is 0 Å². The van der Waals surface area contributed by atoms with Crippen LogP contribution in [0, 0.1) is 0 Å². The van der Waals surface area contributed by atoms with Gasteiger partial charge in [-0.05, 0) is 54.5 Å². The first-order valence-corrected chi connectivity index (χ1v) is 10.4. The molecule has 154 valence electrons. The van der Waals surface area contributed by atoms with E-state index in [1.165, 1.54) is 7.11 Å². The van der Waals surface area contributed by atoms with Crippen LogP contribution in [-0.2, 0) is 9.53 Å². The predicted octanol–water partition coefficient (Wildman–Crippen LogP) is 3.80. The Hall–Kier alpha value is -3.19. The van der Waals surface area contributed by atoms with Gasteiger partial charge in [0.1, 0.15) is 0 Å². The highest BCUT2D eigenvalue weighted by Gasteiger charge is 2.39. The van der Waals surface area contributed by atoms with Crippen LogP contribution >= 0.6 is 12.2 Å². The normalized spacial score (nSPS) is 18.3. The smallest absolute Gasteiger partial charge is 0.305 e. The number of benzene rings is 1. The van der Waals surface area contributed by atoms with E-state index in [-0.39, 0.29) is 18.1 Å².